The van der Waals surface area contributed by atoms with Crippen LogP contribution in [0.1, 0.15) is 37.5 Å². The van der Waals surface area contributed by atoms with Gasteiger partial charge in [-0.2, -0.15) is 5.26 Å². The Balaban J connectivity index is 2.97. The molecule has 1 aromatic rings. The summed E-state index contributed by atoms with van der Waals surface area (Å²) in [5.74, 6) is 0. The van der Waals surface area contributed by atoms with Crippen LogP contribution in [0.4, 0.5) is 5.69 Å². The molecule has 20 heavy (non-hydrogen) atoms. The van der Waals surface area contributed by atoms with E-state index in [1.807, 2.05) is 12.1 Å². The molecule has 0 saturated heterocycles. The van der Waals surface area contributed by atoms with E-state index in [2.05, 4.69) is 36.9 Å². The Hall–Kier alpha value is -1.57. The second kappa shape index (κ2) is 7.88. The lowest BCUT2D eigenvalue weighted by molar-refractivity contribution is 0.199. The maximum Gasteiger partial charge on any atom is 0.0992 e. The van der Waals surface area contributed by atoms with Crippen LogP contribution in [0, 0.1) is 11.3 Å². The summed E-state index contributed by atoms with van der Waals surface area (Å²) in [4.78, 5) is 4.39. The maximum atomic E-state index is 9.91. The number of aliphatic hydroxyl groups is 1. The summed E-state index contributed by atoms with van der Waals surface area (Å²) in [5.41, 5.74) is 2.49. The monoisotopic (exact) mass is 275 g/mol. The topological polar surface area (TPSA) is 50.5 Å². The predicted molar refractivity (Wildman–Crippen MR) is 82.8 cm³/mol. The van der Waals surface area contributed by atoms with E-state index in [1.54, 1.807) is 13.0 Å². The lowest BCUT2D eigenvalue weighted by Gasteiger charge is -2.27. The van der Waals surface area contributed by atoms with Gasteiger partial charge in [-0.15, -0.1) is 0 Å². The maximum absolute atomic E-state index is 9.91. The van der Waals surface area contributed by atoms with E-state index >= 15 is 0 Å². The molecule has 0 aliphatic rings. The van der Waals surface area contributed by atoms with Crippen molar-refractivity contribution in [3.05, 3.63) is 29.3 Å². The number of aliphatic hydroxyl groups excluding tert-OH is 1. The Labute approximate surface area is 122 Å². The third-order valence-electron chi connectivity index (χ3n) is 3.37. The van der Waals surface area contributed by atoms with Crippen LogP contribution in [0.3, 0.4) is 0 Å². The molecule has 1 rings (SSSR count). The summed E-state index contributed by atoms with van der Waals surface area (Å²) < 4.78 is 0. The largest absolute Gasteiger partial charge is 0.389 e. The average Bonchev–Trinajstić information content (AvgIpc) is 2.42. The number of benzene rings is 1. The highest BCUT2D eigenvalue weighted by Crippen LogP contribution is 2.27. The second-order valence-electron chi connectivity index (χ2n) is 5.30. The Morgan fingerprint density at radius 2 is 2.00 bits per heavy atom. The summed E-state index contributed by atoms with van der Waals surface area (Å²) in [6.45, 7) is 6.67. The summed E-state index contributed by atoms with van der Waals surface area (Å²) in [5, 5.41) is 19.0. The molecule has 0 bridgehead atoms. The Morgan fingerprint density at radius 1 is 1.30 bits per heavy atom. The smallest absolute Gasteiger partial charge is 0.0992 e. The van der Waals surface area contributed by atoms with Crippen LogP contribution in [0.5, 0.6) is 0 Å². The average molecular weight is 275 g/mol. The molecule has 1 atom stereocenters. The van der Waals surface area contributed by atoms with Gasteiger partial charge in [0.1, 0.15) is 0 Å². The highest BCUT2D eigenvalue weighted by Gasteiger charge is 2.14. The lowest BCUT2D eigenvalue weighted by atomic mass is 10.0. The highest BCUT2D eigenvalue weighted by molar-refractivity contribution is 5.58. The normalized spacial score (nSPS) is 12.2. The molecule has 0 heterocycles. The number of anilines is 1. The predicted octanol–water partition coefficient (Wildman–Crippen LogP) is 2.39. The van der Waals surface area contributed by atoms with Gasteiger partial charge in [0.25, 0.3) is 0 Å². The van der Waals surface area contributed by atoms with Gasteiger partial charge in [0.05, 0.1) is 17.7 Å². The number of hydrogen-bond donors (Lipinski definition) is 1. The molecule has 0 spiro atoms. The van der Waals surface area contributed by atoms with Crippen molar-refractivity contribution in [2.45, 2.75) is 26.4 Å². The third-order valence-corrected chi connectivity index (χ3v) is 3.37. The van der Waals surface area contributed by atoms with Gasteiger partial charge in [0, 0.05) is 24.3 Å². The zero-order chi connectivity index (χ0) is 15.1. The lowest BCUT2D eigenvalue weighted by Crippen LogP contribution is -2.28. The van der Waals surface area contributed by atoms with Crippen LogP contribution in [-0.4, -0.2) is 43.7 Å². The van der Waals surface area contributed by atoms with Crippen molar-refractivity contribution in [2.24, 2.45) is 0 Å². The molecule has 1 N–H and O–H groups in total. The van der Waals surface area contributed by atoms with Crippen molar-refractivity contribution >= 4 is 5.69 Å². The van der Waals surface area contributed by atoms with Gasteiger partial charge in [0.15, 0.2) is 0 Å². The Kier molecular flexibility index (Phi) is 6.50. The van der Waals surface area contributed by atoms with Crippen LogP contribution < -0.4 is 4.90 Å². The molecule has 0 aliphatic heterocycles. The molecule has 110 valence electrons. The molecule has 0 unspecified atom stereocenters. The molecule has 0 aliphatic carbocycles. The molecular formula is C16H25N3O. The molecule has 0 amide bonds. The van der Waals surface area contributed by atoms with Gasteiger partial charge in [0.2, 0.25) is 0 Å². The summed E-state index contributed by atoms with van der Waals surface area (Å²) in [6, 6.07) is 7.66. The minimum absolute atomic E-state index is 0.527. The summed E-state index contributed by atoms with van der Waals surface area (Å²) in [7, 11) is 4.13. The van der Waals surface area contributed by atoms with Gasteiger partial charge < -0.3 is 14.9 Å². The van der Waals surface area contributed by atoms with Crippen molar-refractivity contribution in [3.8, 4) is 6.07 Å². The number of rotatable bonds is 7. The minimum Gasteiger partial charge on any atom is -0.389 e. The van der Waals surface area contributed by atoms with Crippen LogP contribution in [0.15, 0.2) is 18.2 Å². The summed E-state index contributed by atoms with van der Waals surface area (Å²) >= 11 is 0. The second-order valence-corrected chi connectivity index (χ2v) is 5.30. The number of hydrogen-bond acceptors (Lipinski definition) is 4. The third kappa shape index (κ3) is 4.52. The molecule has 0 saturated carbocycles. The first-order valence-corrected chi connectivity index (χ1v) is 7.11. The van der Waals surface area contributed by atoms with Crippen LogP contribution in [-0.2, 0) is 0 Å². The van der Waals surface area contributed by atoms with Crippen molar-refractivity contribution in [1.29, 1.82) is 5.26 Å². The zero-order valence-electron chi connectivity index (χ0n) is 12.9. The van der Waals surface area contributed by atoms with Gasteiger partial charge >= 0.3 is 0 Å². The molecule has 4 nitrogen and oxygen atoms in total. The van der Waals surface area contributed by atoms with Gasteiger partial charge in [-0.25, -0.2) is 0 Å². The van der Waals surface area contributed by atoms with E-state index in [4.69, 9.17) is 5.26 Å². The van der Waals surface area contributed by atoms with E-state index in [0.717, 1.165) is 37.3 Å². The first kappa shape index (κ1) is 16.5. The number of nitriles is 1. The van der Waals surface area contributed by atoms with Crippen LogP contribution >= 0.6 is 0 Å². The Morgan fingerprint density at radius 3 is 2.50 bits per heavy atom. The van der Waals surface area contributed by atoms with Crippen molar-refractivity contribution < 1.29 is 5.11 Å². The van der Waals surface area contributed by atoms with Crippen molar-refractivity contribution in [3.63, 3.8) is 0 Å². The molecule has 0 fully saturated rings. The van der Waals surface area contributed by atoms with Gasteiger partial charge in [-0.05, 0) is 53.0 Å². The summed E-state index contributed by atoms with van der Waals surface area (Å²) in [6.07, 6.45) is 0.525. The molecule has 4 heteroatoms. The van der Waals surface area contributed by atoms with Crippen molar-refractivity contribution in [2.75, 3.05) is 38.6 Å². The SMILES string of the molecule is CCN(CCCN(C)C)c1cc(C#N)ccc1[C@@H](C)O. The fourth-order valence-corrected chi connectivity index (χ4v) is 2.27. The van der Waals surface area contributed by atoms with Crippen LogP contribution in [0.25, 0.3) is 0 Å². The molecular weight excluding hydrogens is 250 g/mol. The van der Waals surface area contributed by atoms with E-state index in [-0.39, 0.29) is 0 Å². The standard InChI is InChI=1S/C16H25N3O/c1-5-19(10-6-9-18(3)4)16-11-14(12-17)7-8-15(16)13(2)20/h7-8,11,13,20H,5-6,9-10H2,1-4H3/t13-/m1/s1. The Bertz CT molecular complexity index is 463. The molecule has 0 aromatic heterocycles. The van der Waals surface area contributed by atoms with E-state index in [1.165, 1.54) is 0 Å². The molecule has 0 radical (unpaired) electrons. The van der Waals surface area contributed by atoms with E-state index in [9.17, 15) is 5.11 Å². The quantitative estimate of drug-likeness (QED) is 0.830. The highest BCUT2D eigenvalue weighted by atomic mass is 16.3. The first-order valence-electron chi connectivity index (χ1n) is 7.11. The van der Waals surface area contributed by atoms with Crippen LogP contribution in [0.2, 0.25) is 0 Å². The fourth-order valence-electron chi connectivity index (χ4n) is 2.27. The number of nitrogens with zero attached hydrogens (tertiary/aromatic N) is 3. The van der Waals surface area contributed by atoms with Gasteiger partial charge in [-0.3, -0.25) is 0 Å². The first-order chi connectivity index (χ1) is 9.49. The molecule has 1 aromatic carbocycles. The zero-order valence-corrected chi connectivity index (χ0v) is 12.9. The minimum atomic E-state index is -0.527. The van der Waals surface area contributed by atoms with E-state index < -0.39 is 6.10 Å². The fraction of sp³-hybridized carbons (Fsp3) is 0.562. The van der Waals surface area contributed by atoms with Gasteiger partial charge in [-0.1, -0.05) is 6.07 Å². The van der Waals surface area contributed by atoms with Crippen molar-refractivity contribution in [1.82, 2.24) is 4.90 Å². The van der Waals surface area contributed by atoms with E-state index in [0.29, 0.717) is 5.56 Å².